The van der Waals surface area contributed by atoms with Crippen LogP contribution in [-0.4, -0.2) is 5.11 Å². The molecule has 1 nitrogen and oxygen atoms in total. The lowest BCUT2D eigenvalue weighted by Gasteiger charge is -2.18. The highest BCUT2D eigenvalue weighted by molar-refractivity contribution is 6.30. The molecule has 0 radical (unpaired) electrons. The number of benzene rings is 2. The summed E-state index contributed by atoms with van der Waals surface area (Å²) in [6.45, 7) is 8.13. The van der Waals surface area contributed by atoms with Gasteiger partial charge in [0.2, 0.25) is 0 Å². The van der Waals surface area contributed by atoms with Crippen molar-refractivity contribution in [3.63, 3.8) is 0 Å². The smallest absolute Gasteiger partial charge is 0.105 e. The number of hydrogen-bond donors (Lipinski definition) is 1. The van der Waals surface area contributed by atoms with Crippen molar-refractivity contribution in [3.05, 3.63) is 68.7 Å². The maximum atomic E-state index is 10.6. The predicted molar refractivity (Wildman–Crippen MR) is 80.9 cm³/mol. The zero-order valence-electron chi connectivity index (χ0n) is 11.8. The molecule has 0 heterocycles. The van der Waals surface area contributed by atoms with E-state index in [1.54, 1.807) is 0 Å². The molecule has 100 valence electrons. The normalized spacial score (nSPS) is 12.5. The van der Waals surface area contributed by atoms with Crippen molar-refractivity contribution in [1.82, 2.24) is 0 Å². The fourth-order valence-corrected chi connectivity index (χ4v) is 3.01. The largest absolute Gasteiger partial charge is 0.384 e. The van der Waals surface area contributed by atoms with E-state index in [0.717, 1.165) is 27.8 Å². The van der Waals surface area contributed by atoms with Crippen LogP contribution >= 0.6 is 11.6 Å². The van der Waals surface area contributed by atoms with Crippen LogP contribution in [0.4, 0.5) is 0 Å². The summed E-state index contributed by atoms with van der Waals surface area (Å²) in [5, 5.41) is 11.3. The van der Waals surface area contributed by atoms with E-state index in [-0.39, 0.29) is 0 Å². The molecule has 0 saturated carbocycles. The lowest BCUT2D eigenvalue weighted by molar-refractivity contribution is 0.218. The molecule has 0 saturated heterocycles. The Morgan fingerprint density at radius 3 is 1.89 bits per heavy atom. The molecule has 2 heteroatoms. The third-order valence-corrected chi connectivity index (χ3v) is 3.61. The first-order valence-corrected chi connectivity index (χ1v) is 6.79. The Balaban J connectivity index is 2.52. The second kappa shape index (κ2) is 5.36. The van der Waals surface area contributed by atoms with E-state index in [9.17, 15) is 5.11 Å². The fraction of sp³-hybridized carbons (Fsp3) is 0.294. The Labute approximate surface area is 119 Å². The monoisotopic (exact) mass is 274 g/mol. The number of rotatable bonds is 2. The van der Waals surface area contributed by atoms with Gasteiger partial charge in [0.25, 0.3) is 0 Å². The summed E-state index contributed by atoms with van der Waals surface area (Å²) in [7, 11) is 0. The van der Waals surface area contributed by atoms with Crippen LogP contribution in [0.5, 0.6) is 0 Å². The quantitative estimate of drug-likeness (QED) is 0.845. The van der Waals surface area contributed by atoms with Crippen LogP contribution in [0.15, 0.2) is 30.3 Å². The molecule has 0 spiro atoms. The second-order valence-corrected chi connectivity index (χ2v) is 5.71. The zero-order valence-corrected chi connectivity index (χ0v) is 12.5. The van der Waals surface area contributed by atoms with E-state index in [1.807, 2.05) is 39.0 Å². The molecule has 1 atom stereocenters. The predicted octanol–water partition coefficient (Wildman–Crippen LogP) is 4.66. The highest BCUT2D eigenvalue weighted by Gasteiger charge is 2.16. The topological polar surface area (TPSA) is 20.2 Å². The summed E-state index contributed by atoms with van der Waals surface area (Å²) < 4.78 is 0. The van der Waals surface area contributed by atoms with Crippen molar-refractivity contribution in [2.75, 3.05) is 0 Å². The van der Waals surface area contributed by atoms with Crippen molar-refractivity contribution >= 4 is 11.6 Å². The minimum atomic E-state index is -0.627. The van der Waals surface area contributed by atoms with Gasteiger partial charge in [0.1, 0.15) is 6.10 Å². The van der Waals surface area contributed by atoms with Gasteiger partial charge >= 0.3 is 0 Å². The molecule has 0 aromatic heterocycles. The second-order valence-electron chi connectivity index (χ2n) is 5.28. The van der Waals surface area contributed by atoms with Crippen molar-refractivity contribution in [2.45, 2.75) is 33.8 Å². The maximum Gasteiger partial charge on any atom is 0.105 e. The van der Waals surface area contributed by atoms with Gasteiger partial charge in [-0.2, -0.15) is 0 Å². The standard InChI is InChI=1S/C17H19ClO/c1-10-5-12(3)16(13(4)6-10)17(19)14-7-11(2)8-15(18)9-14/h5-9,17,19H,1-4H3. The van der Waals surface area contributed by atoms with Gasteiger partial charge in [-0.05, 0) is 67.6 Å². The number of aliphatic hydroxyl groups is 1. The molecule has 2 rings (SSSR count). The summed E-state index contributed by atoms with van der Waals surface area (Å²) in [5.74, 6) is 0. The van der Waals surface area contributed by atoms with Gasteiger partial charge in [0.05, 0.1) is 0 Å². The van der Waals surface area contributed by atoms with Gasteiger partial charge < -0.3 is 5.11 Å². The zero-order chi connectivity index (χ0) is 14.2. The minimum Gasteiger partial charge on any atom is -0.384 e. The number of hydrogen-bond acceptors (Lipinski definition) is 1. The molecule has 0 fully saturated rings. The Hall–Kier alpha value is -1.31. The Bertz CT molecular complexity index is 573. The van der Waals surface area contributed by atoms with E-state index in [4.69, 9.17) is 11.6 Å². The third-order valence-electron chi connectivity index (χ3n) is 3.39. The number of aryl methyl sites for hydroxylation is 4. The average Bonchev–Trinajstić information content (AvgIpc) is 2.25. The van der Waals surface area contributed by atoms with Crippen molar-refractivity contribution in [2.24, 2.45) is 0 Å². The average molecular weight is 275 g/mol. The molecular weight excluding hydrogens is 256 g/mol. The molecule has 1 N–H and O–H groups in total. The lowest BCUT2D eigenvalue weighted by atomic mass is 9.91. The van der Waals surface area contributed by atoms with Crippen LogP contribution < -0.4 is 0 Å². The van der Waals surface area contributed by atoms with Crippen LogP contribution in [-0.2, 0) is 0 Å². The van der Waals surface area contributed by atoms with Gasteiger partial charge in [-0.15, -0.1) is 0 Å². The van der Waals surface area contributed by atoms with Gasteiger partial charge in [0, 0.05) is 5.02 Å². The van der Waals surface area contributed by atoms with Crippen LogP contribution in [0.25, 0.3) is 0 Å². The Kier molecular flexibility index (Phi) is 3.98. The van der Waals surface area contributed by atoms with Crippen LogP contribution in [0.2, 0.25) is 5.02 Å². The third kappa shape index (κ3) is 2.99. The molecule has 2 aromatic carbocycles. The first kappa shape index (κ1) is 14.1. The van der Waals surface area contributed by atoms with Crippen LogP contribution in [0.3, 0.4) is 0 Å². The van der Waals surface area contributed by atoms with E-state index in [2.05, 4.69) is 19.1 Å². The highest BCUT2D eigenvalue weighted by atomic mass is 35.5. The summed E-state index contributed by atoms with van der Waals surface area (Å²) >= 11 is 6.08. The number of aliphatic hydroxyl groups excluding tert-OH is 1. The molecule has 0 amide bonds. The van der Waals surface area contributed by atoms with Gasteiger partial charge in [-0.1, -0.05) is 35.4 Å². The summed E-state index contributed by atoms with van der Waals surface area (Å²) in [6, 6.07) is 9.91. The molecule has 2 aromatic rings. The molecule has 0 aliphatic rings. The molecule has 0 aliphatic heterocycles. The number of halogens is 1. The summed E-state index contributed by atoms with van der Waals surface area (Å²) in [4.78, 5) is 0. The summed E-state index contributed by atoms with van der Waals surface area (Å²) in [5.41, 5.74) is 6.33. The van der Waals surface area contributed by atoms with Crippen LogP contribution in [0.1, 0.15) is 39.5 Å². The van der Waals surface area contributed by atoms with Gasteiger partial charge in [-0.3, -0.25) is 0 Å². The molecule has 1 unspecified atom stereocenters. The first-order valence-electron chi connectivity index (χ1n) is 6.41. The van der Waals surface area contributed by atoms with Crippen LogP contribution in [0, 0.1) is 27.7 Å². The molecule has 0 aliphatic carbocycles. The Morgan fingerprint density at radius 1 is 0.842 bits per heavy atom. The van der Waals surface area contributed by atoms with Crippen molar-refractivity contribution < 1.29 is 5.11 Å². The first-order chi connectivity index (χ1) is 8.88. The SMILES string of the molecule is Cc1cc(Cl)cc(C(O)c2c(C)cc(C)cc2C)c1. The van der Waals surface area contributed by atoms with E-state index < -0.39 is 6.10 Å². The molecule has 0 bridgehead atoms. The van der Waals surface area contributed by atoms with Crippen molar-refractivity contribution in [3.8, 4) is 0 Å². The lowest BCUT2D eigenvalue weighted by Crippen LogP contribution is -2.05. The van der Waals surface area contributed by atoms with Gasteiger partial charge in [0.15, 0.2) is 0 Å². The Morgan fingerprint density at radius 2 is 1.37 bits per heavy atom. The van der Waals surface area contributed by atoms with Crippen molar-refractivity contribution in [1.29, 1.82) is 0 Å². The highest BCUT2D eigenvalue weighted by Crippen LogP contribution is 2.30. The maximum absolute atomic E-state index is 10.6. The van der Waals surface area contributed by atoms with E-state index in [0.29, 0.717) is 5.02 Å². The van der Waals surface area contributed by atoms with E-state index in [1.165, 1.54) is 5.56 Å². The minimum absolute atomic E-state index is 0.627. The molecule has 19 heavy (non-hydrogen) atoms. The van der Waals surface area contributed by atoms with E-state index >= 15 is 0 Å². The van der Waals surface area contributed by atoms with Gasteiger partial charge in [-0.25, -0.2) is 0 Å². The summed E-state index contributed by atoms with van der Waals surface area (Å²) in [6.07, 6.45) is -0.627. The molecular formula is C17H19ClO. The fourth-order valence-electron chi connectivity index (χ4n) is 2.71.